The predicted molar refractivity (Wildman–Crippen MR) is 112 cm³/mol. The normalized spacial score (nSPS) is 16.3. The maximum absolute atomic E-state index is 13.2. The number of hydrogen-bond donors (Lipinski definition) is 0. The molecule has 0 aliphatic carbocycles. The van der Waals surface area contributed by atoms with Crippen LogP contribution in [0.2, 0.25) is 0 Å². The largest absolute Gasteiger partial charge is 0.332 e. The fourth-order valence-corrected chi connectivity index (χ4v) is 4.55. The van der Waals surface area contributed by atoms with E-state index in [2.05, 4.69) is 26.3 Å². The van der Waals surface area contributed by atoms with Crippen LogP contribution in [0.1, 0.15) is 53.6 Å². The minimum absolute atomic E-state index is 0.0583. The van der Waals surface area contributed by atoms with E-state index < -0.39 is 0 Å². The summed E-state index contributed by atoms with van der Waals surface area (Å²) < 4.78 is 3.65. The zero-order valence-electron chi connectivity index (χ0n) is 17.5. The van der Waals surface area contributed by atoms with Gasteiger partial charge in [0.15, 0.2) is 17.1 Å². The highest BCUT2D eigenvalue weighted by molar-refractivity contribution is 5.77. The average Bonchev–Trinajstić information content (AvgIpc) is 3.50. The number of carbonyl (C=O) groups excluding carboxylic acids is 1. The van der Waals surface area contributed by atoms with Crippen LogP contribution >= 0.6 is 0 Å². The highest BCUT2D eigenvalue weighted by atomic mass is 16.2. The van der Waals surface area contributed by atoms with Crippen molar-refractivity contribution in [3.05, 3.63) is 58.9 Å². The van der Waals surface area contributed by atoms with E-state index in [1.165, 1.54) is 6.20 Å². The summed E-state index contributed by atoms with van der Waals surface area (Å²) >= 11 is 0. The summed E-state index contributed by atoms with van der Waals surface area (Å²) in [7, 11) is 0. The molecule has 0 aromatic carbocycles. The third-order valence-corrected chi connectivity index (χ3v) is 6.13. The SMILES string of the molecule is Cc1nc2c(C#N)cnn2c(C)c1CCC(=O)N1CCC[C@@H]1c1nnc2ccccn12. The number of hydrogen-bond acceptors (Lipinski definition) is 6. The Morgan fingerprint density at radius 2 is 2.16 bits per heavy atom. The van der Waals surface area contributed by atoms with Crippen LogP contribution in [0.15, 0.2) is 30.6 Å². The number of fused-ring (bicyclic) bond motifs is 2. The molecule has 9 nitrogen and oxygen atoms in total. The van der Waals surface area contributed by atoms with E-state index in [-0.39, 0.29) is 11.9 Å². The Balaban J connectivity index is 1.37. The second-order valence-electron chi connectivity index (χ2n) is 7.90. The van der Waals surface area contributed by atoms with Crippen molar-refractivity contribution in [1.82, 2.24) is 34.1 Å². The summed E-state index contributed by atoms with van der Waals surface area (Å²) in [6.07, 6.45) is 6.27. The second-order valence-corrected chi connectivity index (χ2v) is 7.90. The van der Waals surface area contributed by atoms with E-state index in [4.69, 9.17) is 0 Å². The van der Waals surface area contributed by atoms with Crippen molar-refractivity contribution in [1.29, 1.82) is 5.26 Å². The fourth-order valence-electron chi connectivity index (χ4n) is 4.55. The topological polar surface area (TPSA) is 104 Å². The van der Waals surface area contributed by atoms with Gasteiger partial charge in [-0.15, -0.1) is 10.2 Å². The Hall–Kier alpha value is -3.80. The summed E-state index contributed by atoms with van der Waals surface area (Å²) in [5, 5.41) is 22.1. The molecule has 4 aromatic rings. The number of amides is 1. The van der Waals surface area contributed by atoms with Crippen molar-refractivity contribution in [3.8, 4) is 6.07 Å². The first kappa shape index (κ1) is 19.2. The van der Waals surface area contributed by atoms with Gasteiger partial charge < -0.3 is 4.90 Å². The molecule has 0 saturated carbocycles. The molecule has 1 saturated heterocycles. The minimum Gasteiger partial charge on any atom is -0.332 e. The monoisotopic (exact) mass is 414 g/mol. The average molecular weight is 414 g/mol. The molecule has 1 aliphatic rings. The number of aromatic nitrogens is 6. The Bertz CT molecular complexity index is 1350. The summed E-state index contributed by atoms with van der Waals surface area (Å²) in [5.74, 6) is 0.921. The molecule has 0 unspecified atom stereocenters. The lowest BCUT2D eigenvalue weighted by Crippen LogP contribution is -2.31. The number of nitriles is 1. The summed E-state index contributed by atoms with van der Waals surface area (Å²) in [4.78, 5) is 19.7. The summed E-state index contributed by atoms with van der Waals surface area (Å²) in [6, 6.07) is 7.86. The highest BCUT2D eigenvalue weighted by Gasteiger charge is 2.33. The lowest BCUT2D eigenvalue weighted by atomic mass is 10.1. The Morgan fingerprint density at radius 3 is 3.00 bits per heavy atom. The number of carbonyl (C=O) groups is 1. The molecule has 1 aliphatic heterocycles. The fraction of sp³-hybridized carbons (Fsp3) is 0.364. The number of aryl methyl sites for hydroxylation is 2. The van der Waals surface area contributed by atoms with E-state index in [9.17, 15) is 10.1 Å². The molecule has 9 heteroatoms. The van der Waals surface area contributed by atoms with Gasteiger partial charge in [0.05, 0.1) is 12.2 Å². The number of nitrogens with zero attached hydrogens (tertiary/aromatic N) is 8. The van der Waals surface area contributed by atoms with Gasteiger partial charge in [-0.05, 0) is 50.8 Å². The first-order valence-corrected chi connectivity index (χ1v) is 10.4. The maximum atomic E-state index is 13.2. The first-order chi connectivity index (χ1) is 15.1. The van der Waals surface area contributed by atoms with Crippen molar-refractivity contribution >= 4 is 17.2 Å². The lowest BCUT2D eigenvalue weighted by Gasteiger charge is -2.24. The molecular weight excluding hydrogens is 392 g/mol. The first-order valence-electron chi connectivity index (χ1n) is 10.4. The van der Waals surface area contributed by atoms with Crippen LogP contribution in [0.25, 0.3) is 11.3 Å². The smallest absolute Gasteiger partial charge is 0.223 e. The van der Waals surface area contributed by atoms with Crippen LogP contribution in [-0.2, 0) is 11.2 Å². The number of rotatable bonds is 4. The molecule has 5 rings (SSSR count). The number of likely N-dealkylation sites (tertiary alicyclic amines) is 1. The molecule has 0 N–H and O–H groups in total. The van der Waals surface area contributed by atoms with E-state index in [0.29, 0.717) is 24.1 Å². The molecular formula is C22H22N8O. The molecule has 0 radical (unpaired) electrons. The molecule has 4 aromatic heterocycles. The molecule has 1 amide bonds. The van der Waals surface area contributed by atoms with Crippen LogP contribution in [-0.4, -0.2) is 46.5 Å². The van der Waals surface area contributed by atoms with Gasteiger partial charge in [-0.1, -0.05) is 6.07 Å². The van der Waals surface area contributed by atoms with Gasteiger partial charge in [0.1, 0.15) is 11.6 Å². The van der Waals surface area contributed by atoms with Crippen molar-refractivity contribution in [2.45, 2.75) is 45.6 Å². The highest BCUT2D eigenvalue weighted by Crippen LogP contribution is 2.32. The molecule has 31 heavy (non-hydrogen) atoms. The van der Waals surface area contributed by atoms with Crippen molar-refractivity contribution in [3.63, 3.8) is 0 Å². The molecule has 156 valence electrons. The van der Waals surface area contributed by atoms with E-state index in [1.807, 2.05) is 47.5 Å². The molecule has 1 atom stereocenters. The van der Waals surface area contributed by atoms with Gasteiger partial charge >= 0.3 is 0 Å². The van der Waals surface area contributed by atoms with Crippen molar-refractivity contribution in [2.24, 2.45) is 0 Å². The van der Waals surface area contributed by atoms with Gasteiger partial charge in [-0.2, -0.15) is 10.4 Å². The van der Waals surface area contributed by atoms with Gasteiger partial charge in [0, 0.05) is 30.6 Å². The molecule has 5 heterocycles. The number of pyridine rings is 1. The zero-order chi connectivity index (χ0) is 21.5. The standard InChI is InChI=1S/C22H22N8O/c1-14-17(15(2)30-21(25-14)16(12-23)13-24-30)8-9-20(31)28-11-5-6-18(28)22-27-26-19-7-3-4-10-29(19)22/h3-4,7,10,13,18H,5-6,8-9,11H2,1-2H3/t18-/m1/s1. The minimum atomic E-state index is -0.0583. The van der Waals surface area contributed by atoms with E-state index in [0.717, 1.165) is 47.8 Å². The second kappa shape index (κ2) is 7.47. The van der Waals surface area contributed by atoms with Crippen LogP contribution in [0.5, 0.6) is 0 Å². The third kappa shape index (κ3) is 3.11. The van der Waals surface area contributed by atoms with Gasteiger partial charge in [-0.25, -0.2) is 9.50 Å². The van der Waals surface area contributed by atoms with E-state index >= 15 is 0 Å². The van der Waals surface area contributed by atoms with Crippen LogP contribution in [0.4, 0.5) is 0 Å². The van der Waals surface area contributed by atoms with Crippen LogP contribution in [0, 0.1) is 25.2 Å². The third-order valence-electron chi connectivity index (χ3n) is 6.13. The van der Waals surface area contributed by atoms with E-state index in [1.54, 1.807) is 4.52 Å². The zero-order valence-corrected chi connectivity index (χ0v) is 17.5. The lowest BCUT2D eigenvalue weighted by molar-refractivity contribution is -0.132. The summed E-state index contributed by atoms with van der Waals surface area (Å²) in [5.41, 5.74) is 4.55. The Labute approximate surface area is 178 Å². The Kier molecular flexibility index (Phi) is 4.62. The van der Waals surface area contributed by atoms with Crippen LogP contribution in [0.3, 0.4) is 0 Å². The Morgan fingerprint density at radius 1 is 1.29 bits per heavy atom. The maximum Gasteiger partial charge on any atom is 0.223 e. The van der Waals surface area contributed by atoms with Gasteiger partial charge in [0.25, 0.3) is 0 Å². The van der Waals surface area contributed by atoms with Crippen molar-refractivity contribution in [2.75, 3.05) is 6.54 Å². The molecule has 0 spiro atoms. The predicted octanol–water partition coefficient (Wildman–Crippen LogP) is 2.56. The van der Waals surface area contributed by atoms with Crippen LogP contribution < -0.4 is 0 Å². The van der Waals surface area contributed by atoms with Gasteiger partial charge in [0.2, 0.25) is 5.91 Å². The molecule has 1 fully saturated rings. The quantitative estimate of drug-likeness (QED) is 0.508. The summed E-state index contributed by atoms with van der Waals surface area (Å²) in [6.45, 7) is 4.60. The van der Waals surface area contributed by atoms with Crippen molar-refractivity contribution < 1.29 is 4.79 Å². The molecule has 0 bridgehead atoms. The van der Waals surface area contributed by atoms with Gasteiger partial charge in [-0.3, -0.25) is 9.20 Å².